The van der Waals surface area contributed by atoms with Crippen LogP contribution in [-0.2, 0) is 9.53 Å². The molecule has 0 radical (unpaired) electrons. The lowest BCUT2D eigenvalue weighted by atomic mass is 9.96. The van der Waals surface area contributed by atoms with Crippen LogP contribution < -0.4 is 5.32 Å². The molecule has 2 atom stereocenters. The molecular weight excluding hydrogens is 384 g/mol. The fourth-order valence-electron chi connectivity index (χ4n) is 2.95. The van der Waals surface area contributed by atoms with Gasteiger partial charge in [-0.15, -0.1) is 11.3 Å². The van der Waals surface area contributed by atoms with Gasteiger partial charge in [0.2, 0.25) is 0 Å². The van der Waals surface area contributed by atoms with Gasteiger partial charge in [0.25, 0.3) is 5.91 Å². The van der Waals surface area contributed by atoms with Gasteiger partial charge in [0.1, 0.15) is 5.01 Å². The summed E-state index contributed by atoms with van der Waals surface area (Å²) in [5.41, 5.74) is 2.33. The minimum absolute atomic E-state index is 0.212. The maximum atomic E-state index is 12.4. The van der Waals surface area contributed by atoms with Crippen molar-refractivity contribution < 1.29 is 14.3 Å². The van der Waals surface area contributed by atoms with Crippen molar-refractivity contribution in [2.75, 3.05) is 6.54 Å². The van der Waals surface area contributed by atoms with Gasteiger partial charge in [-0.1, -0.05) is 67.6 Å². The summed E-state index contributed by atoms with van der Waals surface area (Å²) in [6.07, 6.45) is 0.0113. The number of esters is 1. The molecule has 0 unspecified atom stereocenters. The lowest BCUT2D eigenvalue weighted by Gasteiger charge is -2.18. The Morgan fingerprint density at radius 1 is 1.07 bits per heavy atom. The van der Waals surface area contributed by atoms with Crippen molar-refractivity contribution in [3.05, 3.63) is 77.3 Å². The Morgan fingerprint density at radius 3 is 2.38 bits per heavy atom. The average molecular weight is 409 g/mol. The number of rotatable bonds is 8. The highest BCUT2D eigenvalue weighted by Crippen LogP contribution is 2.24. The summed E-state index contributed by atoms with van der Waals surface area (Å²) in [5, 5.41) is 5.28. The first-order valence-electron chi connectivity index (χ1n) is 9.63. The van der Waals surface area contributed by atoms with E-state index in [4.69, 9.17) is 4.74 Å². The van der Waals surface area contributed by atoms with Gasteiger partial charge < -0.3 is 10.1 Å². The summed E-state index contributed by atoms with van der Waals surface area (Å²) < 4.78 is 5.31. The van der Waals surface area contributed by atoms with E-state index in [0.717, 1.165) is 17.0 Å². The molecule has 1 heterocycles. The number of ether oxygens (including phenoxy) is 1. The SMILES string of the molecule is CC[C@H](CNC(=O)[C@@H](C)OC(=O)c1csc(-c2ccccc2)n1)c1ccccc1. The maximum Gasteiger partial charge on any atom is 0.358 e. The highest BCUT2D eigenvalue weighted by atomic mass is 32.1. The van der Waals surface area contributed by atoms with Crippen LogP contribution in [-0.4, -0.2) is 29.5 Å². The summed E-state index contributed by atoms with van der Waals surface area (Å²) >= 11 is 1.37. The number of carbonyl (C=O) groups excluding carboxylic acids is 2. The molecule has 1 aromatic heterocycles. The second kappa shape index (κ2) is 9.98. The van der Waals surface area contributed by atoms with Gasteiger partial charge in [0.05, 0.1) is 0 Å². The van der Waals surface area contributed by atoms with Crippen LogP contribution in [0.1, 0.15) is 42.2 Å². The zero-order valence-corrected chi connectivity index (χ0v) is 17.3. The third-order valence-electron chi connectivity index (χ3n) is 4.67. The van der Waals surface area contributed by atoms with Crippen molar-refractivity contribution in [1.82, 2.24) is 10.3 Å². The van der Waals surface area contributed by atoms with E-state index in [-0.39, 0.29) is 17.5 Å². The van der Waals surface area contributed by atoms with Crippen LogP contribution in [0.15, 0.2) is 66.0 Å². The number of thiazole rings is 1. The first kappa shape index (κ1) is 20.7. The van der Waals surface area contributed by atoms with Crippen LogP contribution in [0.4, 0.5) is 0 Å². The molecule has 2 aromatic carbocycles. The van der Waals surface area contributed by atoms with E-state index < -0.39 is 12.1 Å². The summed E-state index contributed by atoms with van der Waals surface area (Å²) in [6, 6.07) is 19.7. The van der Waals surface area contributed by atoms with Crippen LogP contribution >= 0.6 is 11.3 Å². The summed E-state index contributed by atoms with van der Waals surface area (Å²) in [4.78, 5) is 29.1. The quantitative estimate of drug-likeness (QED) is 0.550. The molecule has 0 fully saturated rings. The van der Waals surface area contributed by atoms with Gasteiger partial charge >= 0.3 is 5.97 Å². The molecule has 1 N–H and O–H groups in total. The Morgan fingerprint density at radius 2 is 1.72 bits per heavy atom. The Balaban J connectivity index is 1.54. The predicted molar refractivity (Wildman–Crippen MR) is 115 cm³/mol. The highest BCUT2D eigenvalue weighted by Gasteiger charge is 2.22. The van der Waals surface area contributed by atoms with Crippen molar-refractivity contribution in [2.45, 2.75) is 32.3 Å². The van der Waals surface area contributed by atoms with Crippen molar-refractivity contribution >= 4 is 23.2 Å². The average Bonchev–Trinajstić information content (AvgIpc) is 3.26. The molecule has 0 aliphatic carbocycles. The fourth-order valence-corrected chi connectivity index (χ4v) is 3.74. The highest BCUT2D eigenvalue weighted by molar-refractivity contribution is 7.13. The number of benzene rings is 2. The molecular formula is C23H24N2O3S. The Bertz CT molecular complexity index is 941. The van der Waals surface area contributed by atoms with Crippen molar-refractivity contribution in [3.63, 3.8) is 0 Å². The van der Waals surface area contributed by atoms with Gasteiger partial charge in [-0.05, 0) is 18.9 Å². The third kappa shape index (κ3) is 5.51. The van der Waals surface area contributed by atoms with E-state index in [1.165, 1.54) is 16.9 Å². The fraction of sp³-hybridized carbons (Fsp3) is 0.261. The van der Waals surface area contributed by atoms with Crippen LogP contribution in [0.3, 0.4) is 0 Å². The first-order valence-corrected chi connectivity index (χ1v) is 10.5. The van der Waals surface area contributed by atoms with E-state index in [1.54, 1.807) is 12.3 Å². The molecule has 29 heavy (non-hydrogen) atoms. The van der Waals surface area contributed by atoms with Crippen LogP contribution in [0.2, 0.25) is 0 Å². The van der Waals surface area contributed by atoms with Crippen molar-refractivity contribution in [1.29, 1.82) is 0 Å². The molecule has 0 spiro atoms. The first-order chi connectivity index (χ1) is 14.1. The number of aromatic nitrogens is 1. The third-order valence-corrected chi connectivity index (χ3v) is 5.56. The number of hydrogen-bond donors (Lipinski definition) is 1. The number of nitrogens with one attached hydrogen (secondary N) is 1. The van der Waals surface area contributed by atoms with Crippen LogP contribution in [0, 0.1) is 0 Å². The second-order valence-electron chi connectivity index (χ2n) is 6.71. The van der Waals surface area contributed by atoms with Crippen LogP contribution in [0.5, 0.6) is 0 Å². The molecule has 1 amide bonds. The number of hydrogen-bond acceptors (Lipinski definition) is 5. The molecule has 0 saturated carbocycles. The number of amides is 1. The van der Waals surface area contributed by atoms with E-state index in [0.29, 0.717) is 6.54 Å². The maximum absolute atomic E-state index is 12.4. The van der Waals surface area contributed by atoms with Gasteiger partial charge in [0, 0.05) is 23.4 Å². The van der Waals surface area contributed by atoms with Gasteiger partial charge in [-0.3, -0.25) is 4.79 Å². The normalized spacial score (nSPS) is 12.8. The van der Waals surface area contributed by atoms with Gasteiger partial charge in [-0.2, -0.15) is 0 Å². The summed E-state index contributed by atoms with van der Waals surface area (Å²) in [6.45, 7) is 4.15. The van der Waals surface area contributed by atoms with E-state index >= 15 is 0 Å². The zero-order valence-electron chi connectivity index (χ0n) is 16.5. The van der Waals surface area contributed by atoms with Crippen molar-refractivity contribution in [3.8, 4) is 10.6 Å². The summed E-state index contributed by atoms with van der Waals surface area (Å²) in [5.74, 6) is -0.692. The molecule has 150 valence electrons. The lowest BCUT2D eigenvalue weighted by molar-refractivity contribution is -0.129. The van der Waals surface area contributed by atoms with E-state index in [9.17, 15) is 9.59 Å². The molecule has 0 bridgehead atoms. The molecule has 6 heteroatoms. The Kier molecular flexibility index (Phi) is 7.14. The molecule has 0 saturated heterocycles. The monoisotopic (exact) mass is 408 g/mol. The van der Waals surface area contributed by atoms with Crippen molar-refractivity contribution in [2.24, 2.45) is 0 Å². The minimum Gasteiger partial charge on any atom is -0.448 e. The lowest BCUT2D eigenvalue weighted by Crippen LogP contribution is -2.38. The number of carbonyl (C=O) groups is 2. The predicted octanol–water partition coefficient (Wildman–Crippen LogP) is 4.67. The Labute approximate surface area is 174 Å². The topological polar surface area (TPSA) is 68.3 Å². The molecule has 3 aromatic rings. The van der Waals surface area contributed by atoms with Gasteiger partial charge in [0.15, 0.2) is 11.8 Å². The van der Waals surface area contributed by atoms with Crippen LogP contribution in [0.25, 0.3) is 10.6 Å². The largest absolute Gasteiger partial charge is 0.448 e. The molecule has 3 rings (SSSR count). The standard InChI is InChI=1S/C23H24N2O3S/c1-3-17(18-10-6-4-7-11-18)14-24-21(26)16(2)28-23(27)20-15-29-22(25-20)19-12-8-5-9-13-19/h4-13,15-17H,3,14H2,1-2H3,(H,24,26)/t16-,17-/m1/s1. The molecule has 0 aliphatic rings. The van der Waals surface area contributed by atoms with E-state index in [2.05, 4.69) is 29.4 Å². The Hall–Kier alpha value is -2.99. The van der Waals surface area contributed by atoms with Gasteiger partial charge in [-0.25, -0.2) is 9.78 Å². The minimum atomic E-state index is -0.891. The second-order valence-corrected chi connectivity index (χ2v) is 7.57. The van der Waals surface area contributed by atoms with E-state index in [1.807, 2.05) is 48.5 Å². The zero-order chi connectivity index (χ0) is 20.6. The smallest absolute Gasteiger partial charge is 0.358 e. The molecule has 0 aliphatic heterocycles. The summed E-state index contributed by atoms with van der Waals surface area (Å²) in [7, 11) is 0. The molecule has 5 nitrogen and oxygen atoms in total. The number of nitrogens with zero attached hydrogens (tertiary/aromatic N) is 1.